The van der Waals surface area contributed by atoms with Crippen molar-refractivity contribution >= 4 is 17.7 Å². The van der Waals surface area contributed by atoms with Crippen LogP contribution in [0, 0.1) is 4.91 Å². The molecule has 0 aromatic rings. The van der Waals surface area contributed by atoms with Gasteiger partial charge in [-0.15, -0.1) is 4.91 Å². The highest BCUT2D eigenvalue weighted by Crippen LogP contribution is 1.80. The zero-order valence-electron chi connectivity index (χ0n) is 4.44. The molecule has 0 saturated carbocycles. The average Bonchev–Trinajstić information content (AvgIpc) is 1.87. The number of rotatable bonds is 3. The molecule has 0 bridgehead atoms. The zero-order chi connectivity index (χ0) is 8.15. The topological polar surface area (TPSA) is 110 Å². The SMILES string of the molecule is O=NOC(=O)C(=O)C(=O)O. The van der Waals surface area contributed by atoms with E-state index in [1.165, 1.54) is 0 Å². The van der Waals surface area contributed by atoms with Gasteiger partial charge in [-0.25, -0.2) is 9.59 Å². The van der Waals surface area contributed by atoms with Gasteiger partial charge < -0.3 is 5.11 Å². The van der Waals surface area contributed by atoms with Crippen molar-refractivity contribution in [3.05, 3.63) is 4.91 Å². The molecular weight excluding hydrogens is 146 g/mol. The van der Waals surface area contributed by atoms with Crippen molar-refractivity contribution in [2.24, 2.45) is 5.34 Å². The van der Waals surface area contributed by atoms with E-state index in [9.17, 15) is 14.4 Å². The molecule has 0 amide bonds. The van der Waals surface area contributed by atoms with Gasteiger partial charge in [0.25, 0.3) is 0 Å². The molecule has 0 atom stereocenters. The first-order valence-electron chi connectivity index (χ1n) is 1.91. The Balaban J connectivity index is 4.08. The molecule has 7 nitrogen and oxygen atoms in total. The second-order valence-corrected chi connectivity index (χ2v) is 1.09. The largest absolute Gasteiger partial charge is 0.475 e. The lowest BCUT2D eigenvalue weighted by Crippen LogP contribution is -2.23. The quantitative estimate of drug-likeness (QED) is 0.234. The monoisotopic (exact) mass is 147 g/mol. The van der Waals surface area contributed by atoms with Crippen molar-refractivity contribution in [1.29, 1.82) is 0 Å². The van der Waals surface area contributed by atoms with Crippen LogP contribution in [-0.4, -0.2) is 22.8 Å². The number of carbonyl (C=O) groups is 3. The van der Waals surface area contributed by atoms with E-state index >= 15 is 0 Å². The van der Waals surface area contributed by atoms with E-state index < -0.39 is 17.7 Å². The van der Waals surface area contributed by atoms with Gasteiger partial charge in [0, 0.05) is 0 Å². The van der Waals surface area contributed by atoms with Crippen LogP contribution < -0.4 is 0 Å². The predicted octanol–water partition coefficient (Wildman–Crippen LogP) is -1.14. The number of nitrogens with zero attached hydrogens (tertiary/aromatic N) is 1. The van der Waals surface area contributed by atoms with Crippen LogP contribution >= 0.6 is 0 Å². The Bertz CT molecular complexity index is 195. The Morgan fingerprint density at radius 1 is 1.30 bits per heavy atom. The van der Waals surface area contributed by atoms with E-state index in [0.29, 0.717) is 0 Å². The van der Waals surface area contributed by atoms with Crippen LogP contribution in [0.3, 0.4) is 0 Å². The van der Waals surface area contributed by atoms with E-state index in [2.05, 4.69) is 4.84 Å². The van der Waals surface area contributed by atoms with E-state index in [-0.39, 0.29) is 0 Å². The second kappa shape index (κ2) is 3.28. The van der Waals surface area contributed by atoms with E-state index in [1.807, 2.05) is 0 Å². The van der Waals surface area contributed by atoms with Crippen LogP contribution in [0.1, 0.15) is 0 Å². The van der Waals surface area contributed by atoms with Crippen molar-refractivity contribution < 1.29 is 24.3 Å². The minimum Gasteiger partial charge on any atom is -0.475 e. The summed E-state index contributed by atoms with van der Waals surface area (Å²) in [6.45, 7) is 0. The first kappa shape index (κ1) is 8.21. The highest BCUT2D eigenvalue weighted by atomic mass is 16.7. The summed E-state index contributed by atoms with van der Waals surface area (Å²) in [5, 5.41) is 9.34. The Kier molecular flexibility index (Phi) is 2.69. The van der Waals surface area contributed by atoms with Gasteiger partial charge in [-0.2, -0.15) is 0 Å². The number of carbonyl (C=O) groups excluding carboxylic acids is 2. The van der Waals surface area contributed by atoms with Crippen LogP contribution in [-0.2, 0) is 19.2 Å². The van der Waals surface area contributed by atoms with E-state index in [1.54, 1.807) is 5.34 Å². The maximum Gasteiger partial charge on any atom is 0.416 e. The summed E-state index contributed by atoms with van der Waals surface area (Å²) in [5.41, 5.74) is 0. The molecule has 7 heteroatoms. The maximum absolute atomic E-state index is 9.96. The molecule has 10 heavy (non-hydrogen) atoms. The van der Waals surface area contributed by atoms with Gasteiger partial charge in [0.15, 0.2) is 5.34 Å². The lowest BCUT2D eigenvalue weighted by atomic mass is 10.4. The third kappa shape index (κ3) is 1.99. The molecular formula is C3HNO6. The molecule has 0 aromatic carbocycles. The standard InChI is InChI=1S/C3HNO6/c5-1(2(6)7)3(8)10-4-9/h(H,6,7). The number of aliphatic carboxylic acids is 1. The Morgan fingerprint density at radius 2 is 1.80 bits per heavy atom. The van der Waals surface area contributed by atoms with Crippen LogP contribution in [0.25, 0.3) is 0 Å². The van der Waals surface area contributed by atoms with E-state index in [4.69, 9.17) is 10.0 Å². The Morgan fingerprint density at radius 3 is 2.10 bits per heavy atom. The van der Waals surface area contributed by atoms with Gasteiger partial charge in [-0.1, -0.05) is 0 Å². The van der Waals surface area contributed by atoms with Crippen molar-refractivity contribution in [3.63, 3.8) is 0 Å². The molecule has 0 aliphatic carbocycles. The molecule has 54 valence electrons. The Hall–Kier alpha value is -1.79. The minimum atomic E-state index is -1.99. The third-order valence-electron chi connectivity index (χ3n) is 0.500. The Labute approximate surface area is 53.5 Å². The molecule has 0 aromatic heterocycles. The van der Waals surface area contributed by atoms with Crippen molar-refractivity contribution in [2.45, 2.75) is 0 Å². The summed E-state index contributed by atoms with van der Waals surface area (Å²) in [7, 11) is 0. The van der Waals surface area contributed by atoms with Crippen LogP contribution in [0.5, 0.6) is 0 Å². The average molecular weight is 147 g/mol. The molecule has 0 heterocycles. The number of ketones is 1. The maximum atomic E-state index is 9.96. The van der Waals surface area contributed by atoms with Crippen molar-refractivity contribution in [3.8, 4) is 0 Å². The minimum absolute atomic E-state index is 1.56. The predicted molar refractivity (Wildman–Crippen MR) is 24.5 cm³/mol. The number of hydrogen-bond donors (Lipinski definition) is 1. The van der Waals surface area contributed by atoms with Crippen LogP contribution in [0.15, 0.2) is 5.34 Å². The first-order chi connectivity index (χ1) is 4.59. The number of carboxylic acids is 1. The summed E-state index contributed by atoms with van der Waals surface area (Å²) < 4.78 is 0. The summed E-state index contributed by atoms with van der Waals surface area (Å²) in [5.74, 6) is -5.63. The highest BCUT2D eigenvalue weighted by Gasteiger charge is 2.24. The fourth-order valence-corrected chi connectivity index (χ4v) is 0.163. The number of hydrogen-bond acceptors (Lipinski definition) is 6. The molecule has 0 saturated heterocycles. The van der Waals surface area contributed by atoms with Gasteiger partial charge in [0.05, 0.1) is 0 Å². The lowest BCUT2D eigenvalue weighted by Gasteiger charge is -1.85. The molecule has 0 aliphatic rings. The fraction of sp³-hybridized carbons (Fsp3) is 0. The first-order valence-corrected chi connectivity index (χ1v) is 1.91. The summed E-state index contributed by atoms with van der Waals surface area (Å²) in [4.78, 5) is 41.8. The van der Waals surface area contributed by atoms with Gasteiger partial charge in [-0.05, 0) is 0 Å². The van der Waals surface area contributed by atoms with Crippen LogP contribution in [0.4, 0.5) is 0 Å². The van der Waals surface area contributed by atoms with Gasteiger partial charge in [-0.3, -0.25) is 9.63 Å². The normalized spacial score (nSPS) is 8.00. The molecule has 0 fully saturated rings. The zero-order valence-corrected chi connectivity index (χ0v) is 4.44. The molecule has 0 rings (SSSR count). The molecule has 0 aliphatic heterocycles. The van der Waals surface area contributed by atoms with Crippen molar-refractivity contribution in [2.75, 3.05) is 0 Å². The summed E-state index contributed by atoms with van der Waals surface area (Å²) in [6.07, 6.45) is 0. The van der Waals surface area contributed by atoms with Gasteiger partial charge in [0.2, 0.25) is 0 Å². The third-order valence-corrected chi connectivity index (χ3v) is 0.500. The van der Waals surface area contributed by atoms with Gasteiger partial charge in [0.1, 0.15) is 0 Å². The summed E-state index contributed by atoms with van der Waals surface area (Å²) in [6, 6.07) is 0. The van der Waals surface area contributed by atoms with Crippen LogP contribution in [0.2, 0.25) is 0 Å². The smallest absolute Gasteiger partial charge is 0.416 e. The second-order valence-electron chi connectivity index (χ2n) is 1.09. The van der Waals surface area contributed by atoms with Gasteiger partial charge >= 0.3 is 17.7 Å². The molecule has 1 N–H and O–H groups in total. The van der Waals surface area contributed by atoms with E-state index in [0.717, 1.165) is 0 Å². The molecule has 0 spiro atoms. The number of carboxylic acid groups (broad SMARTS) is 1. The molecule has 0 unspecified atom stereocenters. The fourth-order valence-electron chi connectivity index (χ4n) is 0.163. The summed E-state index contributed by atoms with van der Waals surface area (Å²) >= 11 is 0. The lowest BCUT2D eigenvalue weighted by molar-refractivity contribution is -0.162. The number of Topliss-reactive ketones (excluding diaryl/α,β-unsaturated/α-hetero) is 1. The van der Waals surface area contributed by atoms with Crippen molar-refractivity contribution in [1.82, 2.24) is 0 Å². The molecule has 0 radical (unpaired) electrons. The highest BCUT2D eigenvalue weighted by molar-refractivity contribution is 6.59.